The maximum absolute atomic E-state index is 14.5. The topological polar surface area (TPSA) is 123 Å². The van der Waals surface area contributed by atoms with Gasteiger partial charge in [-0.15, -0.1) is 0 Å². The van der Waals surface area contributed by atoms with E-state index in [1.807, 2.05) is 43.5 Å². The van der Waals surface area contributed by atoms with Crippen molar-refractivity contribution in [1.29, 1.82) is 0 Å². The number of carbonyl (C=O) groups is 3. The van der Waals surface area contributed by atoms with Crippen molar-refractivity contribution < 1.29 is 27.9 Å². The molecule has 11 nitrogen and oxygen atoms in total. The van der Waals surface area contributed by atoms with Gasteiger partial charge in [-0.1, -0.05) is 24.3 Å². The summed E-state index contributed by atoms with van der Waals surface area (Å²) < 4.78 is 37.3. The minimum atomic E-state index is -1.13. The number of nitrogens with zero attached hydrogens (tertiary/aromatic N) is 5. The summed E-state index contributed by atoms with van der Waals surface area (Å²) in [7, 11) is 1.79. The Kier molecular flexibility index (Phi) is 8.46. The molecule has 45 heavy (non-hydrogen) atoms. The number of halogens is 2. The molecule has 0 unspecified atom stereocenters. The summed E-state index contributed by atoms with van der Waals surface area (Å²) in [5, 5.41) is 14.8. The second kappa shape index (κ2) is 12.1. The molecular formula is C32H35F2N7O4. The van der Waals surface area contributed by atoms with Crippen LogP contribution >= 0.6 is 0 Å². The highest BCUT2D eigenvalue weighted by Gasteiger charge is 2.49. The van der Waals surface area contributed by atoms with Crippen LogP contribution in [0.25, 0.3) is 16.9 Å². The number of carbonyl (C=O) groups excluding carboxylic acids is 3. The van der Waals surface area contributed by atoms with Gasteiger partial charge in [-0.25, -0.2) is 23.1 Å². The fourth-order valence-electron chi connectivity index (χ4n) is 5.54. The number of aromatic nitrogens is 4. The van der Waals surface area contributed by atoms with Gasteiger partial charge < -0.3 is 10.1 Å². The smallest absolute Gasteiger partial charge is 0.411 e. The van der Waals surface area contributed by atoms with Crippen molar-refractivity contribution in [2.45, 2.75) is 64.8 Å². The number of nitrogens with one attached hydrogen (secondary N) is 2. The zero-order chi connectivity index (χ0) is 32.6. The molecule has 0 aliphatic carbocycles. The number of para-hydroxylation sites is 1. The molecule has 13 heteroatoms. The molecule has 0 saturated carbocycles. The van der Waals surface area contributed by atoms with E-state index in [4.69, 9.17) is 9.84 Å². The lowest BCUT2D eigenvalue weighted by Crippen LogP contribution is -2.46. The van der Waals surface area contributed by atoms with Gasteiger partial charge in [-0.05, 0) is 70.9 Å². The SMILES string of the molecule is CC(=O)[C@@H]1C[C@@H](NC(=O)Nc2c(C)c(-c3cnn(C)c3)nn2-c2ccccc2)[C@H](c2ccc(F)c(F)c2)N1C(=O)OC(C)(C)C. The summed E-state index contributed by atoms with van der Waals surface area (Å²) in [4.78, 5) is 41.2. The number of Topliss-reactive ketones (excluding diaryl/α,β-unsaturated/α-hetero) is 1. The number of benzene rings is 2. The fourth-order valence-corrected chi connectivity index (χ4v) is 5.54. The van der Waals surface area contributed by atoms with Crippen LogP contribution in [0.1, 0.15) is 51.3 Å². The molecule has 1 aliphatic heterocycles. The van der Waals surface area contributed by atoms with Crippen LogP contribution in [0.4, 0.5) is 24.2 Å². The second-order valence-electron chi connectivity index (χ2n) is 12.0. The number of amides is 3. The second-order valence-corrected chi connectivity index (χ2v) is 12.0. The Balaban J connectivity index is 1.51. The molecule has 2 aromatic carbocycles. The first-order chi connectivity index (χ1) is 21.2. The Morgan fingerprint density at radius 3 is 2.36 bits per heavy atom. The lowest BCUT2D eigenvalue weighted by Gasteiger charge is -2.33. The Labute approximate surface area is 259 Å². The van der Waals surface area contributed by atoms with E-state index in [2.05, 4.69) is 15.7 Å². The van der Waals surface area contributed by atoms with Crippen molar-refractivity contribution in [2.75, 3.05) is 5.32 Å². The van der Waals surface area contributed by atoms with Crippen molar-refractivity contribution in [3.63, 3.8) is 0 Å². The maximum atomic E-state index is 14.5. The van der Waals surface area contributed by atoms with E-state index in [1.165, 1.54) is 17.9 Å². The lowest BCUT2D eigenvalue weighted by atomic mass is 9.99. The summed E-state index contributed by atoms with van der Waals surface area (Å²) in [6.07, 6.45) is 2.68. The van der Waals surface area contributed by atoms with Crippen molar-refractivity contribution in [2.24, 2.45) is 7.05 Å². The monoisotopic (exact) mass is 619 g/mol. The molecule has 3 amide bonds. The summed E-state index contributed by atoms with van der Waals surface area (Å²) >= 11 is 0. The lowest BCUT2D eigenvalue weighted by molar-refractivity contribution is -0.121. The molecule has 1 aliphatic rings. The van der Waals surface area contributed by atoms with Crippen molar-refractivity contribution in [3.8, 4) is 16.9 Å². The molecule has 0 radical (unpaired) electrons. The number of urea groups is 1. The third-order valence-electron chi connectivity index (χ3n) is 7.50. The number of hydrogen-bond acceptors (Lipinski definition) is 6. The van der Waals surface area contributed by atoms with E-state index >= 15 is 0 Å². The van der Waals surface area contributed by atoms with Gasteiger partial charge in [0.1, 0.15) is 17.1 Å². The zero-order valence-corrected chi connectivity index (χ0v) is 25.8. The largest absolute Gasteiger partial charge is 0.444 e. The van der Waals surface area contributed by atoms with Crippen LogP contribution in [0.3, 0.4) is 0 Å². The molecule has 5 rings (SSSR count). The zero-order valence-electron chi connectivity index (χ0n) is 25.8. The van der Waals surface area contributed by atoms with E-state index in [1.54, 1.807) is 43.4 Å². The summed E-state index contributed by atoms with van der Waals surface area (Å²) in [6.45, 7) is 8.18. The van der Waals surface area contributed by atoms with Gasteiger partial charge >= 0.3 is 12.1 Å². The van der Waals surface area contributed by atoms with E-state index in [0.717, 1.165) is 17.7 Å². The molecule has 0 spiro atoms. The minimum absolute atomic E-state index is 0.0174. The van der Waals surface area contributed by atoms with Crippen molar-refractivity contribution >= 4 is 23.7 Å². The van der Waals surface area contributed by atoms with Crippen LogP contribution in [-0.2, 0) is 16.6 Å². The Bertz CT molecular complexity index is 1750. The van der Waals surface area contributed by atoms with Crippen LogP contribution in [-0.4, -0.2) is 60.1 Å². The molecular weight excluding hydrogens is 584 g/mol. The number of ether oxygens (including phenoxy) is 1. The highest BCUT2D eigenvalue weighted by Crippen LogP contribution is 2.39. The van der Waals surface area contributed by atoms with Crippen LogP contribution in [0.2, 0.25) is 0 Å². The predicted molar refractivity (Wildman–Crippen MR) is 163 cm³/mol. The first-order valence-corrected chi connectivity index (χ1v) is 14.4. The maximum Gasteiger partial charge on any atom is 0.411 e. The molecule has 0 bridgehead atoms. The number of ketones is 1. The average Bonchev–Trinajstić information content (AvgIpc) is 3.65. The summed E-state index contributed by atoms with van der Waals surface area (Å²) in [5.41, 5.74) is 2.01. The standard InChI is InChI=1S/C32H35F2N7O4/c1-18-27(21-16-35-39(6)17-21)38-41(22-10-8-7-9-11-22)29(18)37-30(43)36-25-15-26(19(2)42)40(31(44)45-32(3,4)5)28(25)20-12-13-23(33)24(34)14-20/h7-14,16-17,25-26,28H,15H2,1-6H3,(H2,36,37,43)/t25-,26+,28+/m1/s1. The molecule has 4 aromatic rings. The number of anilines is 1. The summed E-state index contributed by atoms with van der Waals surface area (Å²) in [5.74, 6) is -2.17. The van der Waals surface area contributed by atoms with E-state index in [-0.39, 0.29) is 17.8 Å². The van der Waals surface area contributed by atoms with Gasteiger partial charge in [0.05, 0.1) is 30.0 Å². The highest BCUT2D eigenvalue weighted by molar-refractivity contribution is 5.92. The molecule has 1 fully saturated rings. The highest BCUT2D eigenvalue weighted by atomic mass is 19.2. The molecule has 2 aromatic heterocycles. The van der Waals surface area contributed by atoms with Crippen molar-refractivity contribution in [3.05, 3.63) is 83.7 Å². The van der Waals surface area contributed by atoms with E-state index in [9.17, 15) is 23.2 Å². The van der Waals surface area contributed by atoms with Crippen LogP contribution in [0.5, 0.6) is 0 Å². The number of likely N-dealkylation sites (tertiary alicyclic amines) is 1. The molecule has 2 N–H and O–H groups in total. The van der Waals surface area contributed by atoms with Gasteiger partial charge in [0, 0.05) is 24.4 Å². The fraction of sp³-hybridized carbons (Fsp3) is 0.344. The summed E-state index contributed by atoms with van der Waals surface area (Å²) in [6, 6.07) is 8.91. The predicted octanol–water partition coefficient (Wildman–Crippen LogP) is 5.69. The number of hydrogen-bond donors (Lipinski definition) is 2. The normalized spacial score (nSPS) is 18.1. The third-order valence-corrected chi connectivity index (χ3v) is 7.50. The molecule has 3 heterocycles. The van der Waals surface area contributed by atoms with Crippen LogP contribution in [0.15, 0.2) is 60.9 Å². The van der Waals surface area contributed by atoms with Gasteiger partial charge in [0.25, 0.3) is 0 Å². The number of rotatable bonds is 6. The average molecular weight is 620 g/mol. The number of aryl methyl sites for hydroxylation is 1. The molecule has 236 valence electrons. The molecule has 3 atom stereocenters. The van der Waals surface area contributed by atoms with Gasteiger partial charge in [0.15, 0.2) is 17.4 Å². The van der Waals surface area contributed by atoms with E-state index < -0.39 is 47.5 Å². The van der Waals surface area contributed by atoms with E-state index in [0.29, 0.717) is 22.8 Å². The van der Waals surface area contributed by atoms with Gasteiger partial charge in [-0.2, -0.15) is 10.2 Å². The quantitative estimate of drug-likeness (QED) is 0.286. The molecule has 1 saturated heterocycles. The Hall–Kier alpha value is -5.07. The van der Waals surface area contributed by atoms with Crippen molar-refractivity contribution in [1.82, 2.24) is 29.8 Å². The van der Waals surface area contributed by atoms with Crippen LogP contribution in [0, 0.1) is 18.6 Å². The van der Waals surface area contributed by atoms with Gasteiger partial charge in [0.2, 0.25) is 0 Å². The third kappa shape index (κ3) is 6.56. The Morgan fingerprint density at radius 2 is 1.76 bits per heavy atom. The first kappa shape index (κ1) is 31.4. The Morgan fingerprint density at radius 1 is 1.04 bits per heavy atom. The first-order valence-electron chi connectivity index (χ1n) is 14.4. The van der Waals surface area contributed by atoms with Gasteiger partial charge in [-0.3, -0.25) is 19.7 Å². The minimum Gasteiger partial charge on any atom is -0.444 e. The van der Waals surface area contributed by atoms with Crippen LogP contribution < -0.4 is 10.6 Å².